The Kier molecular flexibility index (Phi) is 3.70. The van der Waals surface area contributed by atoms with Gasteiger partial charge >= 0.3 is 0 Å². The van der Waals surface area contributed by atoms with Crippen LogP contribution in [0.15, 0.2) is 24.3 Å². The number of carbonyl (C=O) groups is 4. The summed E-state index contributed by atoms with van der Waals surface area (Å²) in [7, 11) is 0. The summed E-state index contributed by atoms with van der Waals surface area (Å²) in [4.78, 5) is 44.8. The first-order valence-corrected chi connectivity index (χ1v) is 5.80. The standard InChI is InChI=1S/C13H12N2O4/c16-7-8-1-3-9(4-2-8)12(18)14-10-5-6-11(17)15-13(10)19/h1-4,7,10H,5-6H2,(H,14,18)(H,15,17,19). The molecule has 2 rings (SSSR count). The normalized spacial score (nSPS) is 18.6. The Morgan fingerprint density at radius 1 is 1.26 bits per heavy atom. The molecule has 1 aliphatic rings. The minimum Gasteiger partial charge on any atom is -0.340 e. The van der Waals surface area contributed by atoms with Crippen LogP contribution in [0.25, 0.3) is 0 Å². The molecule has 0 saturated carbocycles. The minimum absolute atomic E-state index is 0.209. The van der Waals surface area contributed by atoms with Gasteiger partial charge in [-0.1, -0.05) is 12.1 Å². The Balaban J connectivity index is 2.02. The zero-order chi connectivity index (χ0) is 13.8. The molecule has 0 radical (unpaired) electrons. The summed E-state index contributed by atoms with van der Waals surface area (Å²) in [5, 5.41) is 4.72. The maximum atomic E-state index is 11.9. The number of amides is 3. The van der Waals surface area contributed by atoms with E-state index in [1.807, 2.05) is 0 Å². The Hall–Kier alpha value is -2.50. The lowest BCUT2D eigenvalue weighted by atomic mass is 10.1. The fourth-order valence-corrected chi connectivity index (χ4v) is 1.79. The number of aldehydes is 1. The molecule has 0 aliphatic carbocycles. The van der Waals surface area contributed by atoms with E-state index in [0.717, 1.165) is 0 Å². The van der Waals surface area contributed by atoms with Gasteiger partial charge in [0.15, 0.2) is 0 Å². The third kappa shape index (κ3) is 3.04. The molecule has 19 heavy (non-hydrogen) atoms. The molecule has 1 heterocycles. The first-order chi connectivity index (χ1) is 9.10. The van der Waals surface area contributed by atoms with Gasteiger partial charge in [0.05, 0.1) is 0 Å². The van der Waals surface area contributed by atoms with Gasteiger partial charge < -0.3 is 5.32 Å². The zero-order valence-corrected chi connectivity index (χ0v) is 10.0. The van der Waals surface area contributed by atoms with E-state index >= 15 is 0 Å². The topological polar surface area (TPSA) is 92.3 Å². The largest absolute Gasteiger partial charge is 0.340 e. The molecular weight excluding hydrogens is 248 g/mol. The number of imide groups is 1. The number of piperidine rings is 1. The molecule has 98 valence electrons. The van der Waals surface area contributed by atoms with Crippen molar-refractivity contribution in [2.24, 2.45) is 0 Å². The lowest BCUT2D eigenvalue weighted by Gasteiger charge is -2.21. The number of nitrogens with one attached hydrogen (secondary N) is 2. The SMILES string of the molecule is O=Cc1ccc(C(=O)NC2CCC(=O)NC2=O)cc1. The van der Waals surface area contributed by atoms with E-state index in [2.05, 4.69) is 10.6 Å². The van der Waals surface area contributed by atoms with Gasteiger partial charge in [-0.15, -0.1) is 0 Å². The predicted octanol–water partition coefficient (Wildman–Crippen LogP) is 0.0341. The Bertz CT molecular complexity index is 536. The number of carbonyl (C=O) groups excluding carboxylic acids is 4. The summed E-state index contributed by atoms with van der Waals surface area (Å²) in [5.74, 6) is -1.23. The molecule has 6 nitrogen and oxygen atoms in total. The summed E-state index contributed by atoms with van der Waals surface area (Å²) < 4.78 is 0. The van der Waals surface area contributed by atoms with Gasteiger partial charge in [0, 0.05) is 17.5 Å². The summed E-state index contributed by atoms with van der Waals surface area (Å²) in [6.45, 7) is 0. The second kappa shape index (κ2) is 5.43. The summed E-state index contributed by atoms with van der Waals surface area (Å²) in [5.41, 5.74) is 0.827. The highest BCUT2D eigenvalue weighted by Gasteiger charge is 2.27. The first-order valence-electron chi connectivity index (χ1n) is 5.80. The highest BCUT2D eigenvalue weighted by Crippen LogP contribution is 2.07. The minimum atomic E-state index is -0.698. The monoisotopic (exact) mass is 260 g/mol. The van der Waals surface area contributed by atoms with Crippen LogP contribution in [0.5, 0.6) is 0 Å². The molecule has 6 heteroatoms. The Labute approximate surface area is 109 Å². The van der Waals surface area contributed by atoms with Crippen LogP contribution in [0.1, 0.15) is 33.6 Å². The van der Waals surface area contributed by atoms with Crippen LogP contribution in [0.2, 0.25) is 0 Å². The molecule has 1 aromatic rings. The molecule has 0 spiro atoms. The van der Waals surface area contributed by atoms with Crippen molar-refractivity contribution in [3.05, 3.63) is 35.4 Å². The van der Waals surface area contributed by atoms with Gasteiger partial charge in [-0.05, 0) is 18.6 Å². The van der Waals surface area contributed by atoms with Crippen LogP contribution >= 0.6 is 0 Å². The molecule has 1 aromatic carbocycles. The summed E-state index contributed by atoms with van der Waals surface area (Å²) >= 11 is 0. The van der Waals surface area contributed by atoms with E-state index in [-0.39, 0.29) is 12.3 Å². The summed E-state index contributed by atoms with van der Waals surface area (Å²) in [6.07, 6.45) is 1.19. The van der Waals surface area contributed by atoms with Gasteiger partial charge in [0.25, 0.3) is 5.91 Å². The van der Waals surface area contributed by atoms with Gasteiger partial charge in [0.1, 0.15) is 12.3 Å². The highest BCUT2D eigenvalue weighted by molar-refractivity contribution is 6.03. The van der Waals surface area contributed by atoms with Crippen molar-refractivity contribution < 1.29 is 19.2 Å². The van der Waals surface area contributed by atoms with Crippen LogP contribution in [-0.2, 0) is 9.59 Å². The molecular formula is C13H12N2O4. The van der Waals surface area contributed by atoms with E-state index in [1.165, 1.54) is 24.3 Å². The van der Waals surface area contributed by atoms with Crippen LogP contribution in [0.4, 0.5) is 0 Å². The lowest BCUT2D eigenvalue weighted by molar-refractivity contribution is -0.134. The summed E-state index contributed by atoms with van der Waals surface area (Å²) in [6, 6.07) is 5.35. The average Bonchev–Trinajstić information content (AvgIpc) is 2.42. The fraction of sp³-hybridized carbons (Fsp3) is 0.231. The zero-order valence-electron chi connectivity index (χ0n) is 10.0. The number of benzene rings is 1. The fourth-order valence-electron chi connectivity index (χ4n) is 1.79. The molecule has 1 atom stereocenters. The van der Waals surface area contributed by atoms with E-state index in [4.69, 9.17) is 0 Å². The van der Waals surface area contributed by atoms with E-state index in [9.17, 15) is 19.2 Å². The molecule has 1 fully saturated rings. The molecule has 0 bridgehead atoms. The van der Waals surface area contributed by atoms with E-state index in [0.29, 0.717) is 23.8 Å². The van der Waals surface area contributed by atoms with Crippen molar-refractivity contribution in [3.63, 3.8) is 0 Å². The third-order valence-electron chi connectivity index (χ3n) is 2.85. The van der Waals surface area contributed by atoms with Crippen molar-refractivity contribution >= 4 is 24.0 Å². The molecule has 0 aromatic heterocycles. The van der Waals surface area contributed by atoms with Crippen LogP contribution in [-0.4, -0.2) is 30.0 Å². The molecule has 1 saturated heterocycles. The van der Waals surface area contributed by atoms with Crippen molar-refractivity contribution in [2.75, 3.05) is 0 Å². The van der Waals surface area contributed by atoms with E-state index < -0.39 is 17.9 Å². The maximum absolute atomic E-state index is 11.9. The number of rotatable bonds is 3. The van der Waals surface area contributed by atoms with Crippen LogP contribution in [0, 0.1) is 0 Å². The van der Waals surface area contributed by atoms with Gasteiger partial charge in [0.2, 0.25) is 11.8 Å². The first kappa shape index (κ1) is 12.9. The molecule has 1 aliphatic heterocycles. The Morgan fingerprint density at radius 3 is 2.53 bits per heavy atom. The van der Waals surface area contributed by atoms with E-state index in [1.54, 1.807) is 0 Å². The molecule has 3 amide bonds. The smallest absolute Gasteiger partial charge is 0.251 e. The quantitative estimate of drug-likeness (QED) is 0.592. The molecule has 1 unspecified atom stereocenters. The highest BCUT2D eigenvalue weighted by atomic mass is 16.2. The number of hydrogen-bond donors (Lipinski definition) is 2. The Morgan fingerprint density at radius 2 is 1.95 bits per heavy atom. The maximum Gasteiger partial charge on any atom is 0.251 e. The van der Waals surface area contributed by atoms with Crippen molar-refractivity contribution in [3.8, 4) is 0 Å². The number of hydrogen-bond acceptors (Lipinski definition) is 4. The predicted molar refractivity (Wildman–Crippen MR) is 65.5 cm³/mol. The molecule has 2 N–H and O–H groups in total. The van der Waals surface area contributed by atoms with Crippen molar-refractivity contribution in [1.29, 1.82) is 0 Å². The van der Waals surface area contributed by atoms with Gasteiger partial charge in [-0.2, -0.15) is 0 Å². The van der Waals surface area contributed by atoms with Crippen LogP contribution < -0.4 is 10.6 Å². The van der Waals surface area contributed by atoms with Gasteiger partial charge in [-0.3, -0.25) is 24.5 Å². The van der Waals surface area contributed by atoms with Gasteiger partial charge in [-0.25, -0.2) is 0 Å². The third-order valence-corrected chi connectivity index (χ3v) is 2.85. The van der Waals surface area contributed by atoms with Crippen molar-refractivity contribution in [2.45, 2.75) is 18.9 Å². The lowest BCUT2D eigenvalue weighted by Crippen LogP contribution is -2.52. The second-order valence-corrected chi connectivity index (χ2v) is 4.22. The average molecular weight is 260 g/mol. The van der Waals surface area contributed by atoms with Crippen molar-refractivity contribution in [1.82, 2.24) is 10.6 Å². The second-order valence-electron chi connectivity index (χ2n) is 4.22. The van der Waals surface area contributed by atoms with Crippen LogP contribution in [0.3, 0.4) is 0 Å².